The summed E-state index contributed by atoms with van der Waals surface area (Å²) in [5, 5.41) is 3.22. The molecule has 0 saturated carbocycles. The van der Waals surface area contributed by atoms with E-state index in [9.17, 15) is 0 Å². The van der Waals surface area contributed by atoms with Crippen molar-refractivity contribution in [2.24, 2.45) is 0 Å². The van der Waals surface area contributed by atoms with Gasteiger partial charge < -0.3 is 9.15 Å². The molecule has 28 heavy (non-hydrogen) atoms. The minimum Gasteiger partial charge on any atom is -0.497 e. The van der Waals surface area contributed by atoms with Crippen LogP contribution in [-0.4, -0.2) is 17.1 Å². The molecule has 0 saturated heterocycles. The number of para-hydroxylation sites is 2. The van der Waals surface area contributed by atoms with Gasteiger partial charge in [0.2, 0.25) is 0 Å². The zero-order valence-corrected chi connectivity index (χ0v) is 16.1. The van der Waals surface area contributed by atoms with Crippen molar-refractivity contribution in [2.75, 3.05) is 7.11 Å². The number of methoxy groups -OCH3 is 1. The third-order valence-corrected chi connectivity index (χ3v) is 5.28. The van der Waals surface area contributed by atoms with Gasteiger partial charge in [0.05, 0.1) is 18.3 Å². The smallest absolute Gasteiger partial charge is 0.144 e. The Balaban J connectivity index is 1.84. The first-order chi connectivity index (χ1) is 13.7. The largest absolute Gasteiger partial charge is 0.497 e. The standard InChI is InChI=1S/C24H20N2O2/c1-14(2)16-6-4-7-17-18-8-5-9-20(24(18)28-23(16)17)22-19-11-10-15(27-3)12-21(19)25-13-26-22/h4-14H,1-3H3. The lowest BCUT2D eigenvalue weighted by Gasteiger charge is -2.07. The minimum atomic E-state index is 0.389. The van der Waals surface area contributed by atoms with Crippen LogP contribution in [0.3, 0.4) is 0 Å². The molecule has 0 unspecified atom stereocenters. The summed E-state index contributed by atoms with van der Waals surface area (Å²) in [6, 6.07) is 18.5. The number of rotatable bonds is 3. The summed E-state index contributed by atoms with van der Waals surface area (Å²) in [7, 11) is 1.66. The number of nitrogens with zero attached hydrogens (tertiary/aromatic N) is 2. The Labute approximate surface area is 162 Å². The molecule has 0 aliphatic heterocycles. The van der Waals surface area contributed by atoms with Crippen LogP contribution in [0.25, 0.3) is 44.1 Å². The van der Waals surface area contributed by atoms with Crippen molar-refractivity contribution in [3.63, 3.8) is 0 Å². The van der Waals surface area contributed by atoms with Crippen LogP contribution in [0, 0.1) is 0 Å². The highest BCUT2D eigenvalue weighted by atomic mass is 16.5. The van der Waals surface area contributed by atoms with Crippen LogP contribution in [0.1, 0.15) is 25.3 Å². The van der Waals surface area contributed by atoms with Gasteiger partial charge in [0.1, 0.15) is 23.2 Å². The first-order valence-corrected chi connectivity index (χ1v) is 9.40. The van der Waals surface area contributed by atoms with E-state index in [0.29, 0.717) is 5.92 Å². The average molecular weight is 368 g/mol. The first kappa shape index (κ1) is 16.8. The molecule has 0 atom stereocenters. The molecule has 5 aromatic rings. The lowest BCUT2D eigenvalue weighted by Crippen LogP contribution is -1.91. The summed E-state index contributed by atoms with van der Waals surface area (Å²) < 4.78 is 11.8. The predicted octanol–water partition coefficient (Wildman–Crippen LogP) is 6.33. The van der Waals surface area contributed by atoms with Crippen LogP contribution in [0.5, 0.6) is 5.75 Å². The monoisotopic (exact) mass is 368 g/mol. The van der Waals surface area contributed by atoms with Crippen molar-refractivity contribution in [2.45, 2.75) is 19.8 Å². The quantitative estimate of drug-likeness (QED) is 0.373. The molecule has 2 aromatic heterocycles. The fourth-order valence-electron chi connectivity index (χ4n) is 3.86. The van der Waals surface area contributed by atoms with Gasteiger partial charge in [-0.15, -0.1) is 0 Å². The Kier molecular flexibility index (Phi) is 3.79. The number of benzene rings is 3. The van der Waals surface area contributed by atoms with Gasteiger partial charge in [0, 0.05) is 27.8 Å². The molecule has 0 spiro atoms. The molecule has 4 heteroatoms. The van der Waals surface area contributed by atoms with E-state index in [2.05, 4.69) is 60.2 Å². The van der Waals surface area contributed by atoms with E-state index < -0.39 is 0 Å². The van der Waals surface area contributed by atoms with E-state index in [1.807, 2.05) is 18.2 Å². The number of hydrogen-bond donors (Lipinski definition) is 0. The maximum atomic E-state index is 6.44. The Morgan fingerprint density at radius 2 is 1.64 bits per heavy atom. The van der Waals surface area contributed by atoms with E-state index >= 15 is 0 Å². The Morgan fingerprint density at radius 3 is 2.43 bits per heavy atom. The summed E-state index contributed by atoms with van der Waals surface area (Å²) in [5.41, 5.74) is 5.73. The third kappa shape index (κ3) is 2.45. The van der Waals surface area contributed by atoms with E-state index in [1.54, 1.807) is 13.4 Å². The highest BCUT2D eigenvalue weighted by Gasteiger charge is 2.17. The fraction of sp³-hybridized carbons (Fsp3) is 0.167. The molecule has 4 nitrogen and oxygen atoms in total. The highest BCUT2D eigenvalue weighted by molar-refractivity contribution is 6.12. The molecule has 0 radical (unpaired) electrons. The Morgan fingerprint density at radius 1 is 0.857 bits per heavy atom. The lowest BCUT2D eigenvalue weighted by atomic mass is 9.99. The molecular weight excluding hydrogens is 348 g/mol. The zero-order chi connectivity index (χ0) is 19.3. The average Bonchev–Trinajstić information content (AvgIpc) is 3.11. The van der Waals surface area contributed by atoms with Crippen LogP contribution in [0.4, 0.5) is 0 Å². The number of hydrogen-bond acceptors (Lipinski definition) is 4. The van der Waals surface area contributed by atoms with Crippen molar-refractivity contribution in [3.8, 4) is 17.0 Å². The predicted molar refractivity (Wildman–Crippen MR) is 113 cm³/mol. The summed E-state index contributed by atoms with van der Waals surface area (Å²) >= 11 is 0. The van der Waals surface area contributed by atoms with Crippen LogP contribution in [-0.2, 0) is 0 Å². The van der Waals surface area contributed by atoms with Crippen molar-refractivity contribution in [1.82, 2.24) is 9.97 Å². The summed E-state index contributed by atoms with van der Waals surface area (Å²) in [6.07, 6.45) is 1.60. The molecule has 0 N–H and O–H groups in total. The van der Waals surface area contributed by atoms with E-state index in [4.69, 9.17) is 9.15 Å². The number of aromatic nitrogens is 2. The van der Waals surface area contributed by atoms with Crippen molar-refractivity contribution in [1.29, 1.82) is 0 Å². The van der Waals surface area contributed by atoms with Gasteiger partial charge in [-0.05, 0) is 29.7 Å². The van der Waals surface area contributed by atoms with E-state index in [-0.39, 0.29) is 0 Å². The molecule has 0 aliphatic rings. The van der Waals surface area contributed by atoms with E-state index in [1.165, 1.54) is 5.56 Å². The third-order valence-electron chi connectivity index (χ3n) is 5.28. The zero-order valence-electron chi connectivity index (χ0n) is 16.1. The van der Waals surface area contributed by atoms with Gasteiger partial charge in [-0.1, -0.05) is 44.2 Å². The summed E-state index contributed by atoms with van der Waals surface area (Å²) in [5.74, 6) is 1.17. The van der Waals surface area contributed by atoms with Gasteiger partial charge in [-0.3, -0.25) is 0 Å². The molecule has 0 aliphatic carbocycles. The van der Waals surface area contributed by atoms with Gasteiger partial charge in [0.15, 0.2) is 0 Å². The molecule has 5 rings (SSSR count). The molecule has 0 amide bonds. The number of fused-ring (bicyclic) bond motifs is 4. The molecule has 0 fully saturated rings. The SMILES string of the molecule is COc1ccc2c(-c3cccc4c3oc3c(C(C)C)cccc34)ncnc2c1. The second-order valence-corrected chi connectivity index (χ2v) is 7.27. The summed E-state index contributed by atoms with van der Waals surface area (Å²) in [4.78, 5) is 9.01. The summed E-state index contributed by atoms with van der Waals surface area (Å²) in [6.45, 7) is 4.38. The van der Waals surface area contributed by atoms with Crippen LogP contribution in [0.2, 0.25) is 0 Å². The highest BCUT2D eigenvalue weighted by Crippen LogP contribution is 2.39. The molecule has 2 heterocycles. The van der Waals surface area contributed by atoms with E-state index in [0.717, 1.165) is 49.8 Å². The van der Waals surface area contributed by atoms with Gasteiger partial charge >= 0.3 is 0 Å². The Bertz CT molecular complexity index is 1340. The van der Waals surface area contributed by atoms with Gasteiger partial charge in [-0.2, -0.15) is 0 Å². The maximum absolute atomic E-state index is 6.44. The van der Waals surface area contributed by atoms with Crippen LogP contribution >= 0.6 is 0 Å². The minimum absolute atomic E-state index is 0.389. The fourth-order valence-corrected chi connectivity index (χ4v) is 3.86. The molecule has 0 bridgehead atoms. The maximum Gasteiger partial charge on any atom is 0.144 e. The van der Waals surface area contributed by atoms with Crippen LogP contribution < -0.4 is 4.74 Å². The Hall–Kier alpha value is -3.40. The normalized spacial score (nSPS) is 11.7. The first-order valence-electron chi connectivity index (χ1n) is 9.40. The number of furan rings is 1. The van der Waals surface area contributed by atoms with Crippen LogP contribution in [0.15, 0.2) is 65.3 Å². The molecule has 138 valence electrons. The van der Waals surface area contributed by atoms with Crippen molar-refractivity contribution in [3.05, 3.63) is 66.5 Å². The molecular formula is C24H20N2O2. The lowest BCUT2D eigenvalue weighted by molar-refractivity contribution is 0.415. The van der Waals surface area contributed by atoms with Crippen molar-refractivity contribution >= 4 is 32.8 Å². The second-order valence-electron chi connectivity index (χ2n) is 7.27. The molecule has 3 aromatic carbocycles. The van der Waals surface area contributed by atoms with Crippen molar-refractivity contribution < 1.29 is 9.15 Å². The van der Waals surface area contributed by atoms with Gasteiger partial charge in [-0.25, -0.2) is 9.97 Å². The number of ether oxygens (including phenoxy) is 1. The van der Waals surface area contributed by atoms with Gasteiger partial charge in [0.25, 0.3) is 0 Å². The second kappa shape index (κ2) is 6.34. The topological polar surface area (TPSA) is 48.2 Å².